The molecule has 5 rings (SSSR count). The highest BCUT2D eigenvalue weighted by molar-refractivity contribution is 6.30. The van der Waals surface area contributed by atoms with Crippen molar-refractivity contribution in [3.05, 3.63) is 99.2 Å². The van der Waals surface area contributed by atoms with Crippen molar-refractivity contribution in [2.75, 3.05) is 38.5 Å². The summed E-state index contributed by atoms with van der Waals surface area (Å²) in [7, 11) is 2.19. The molecule has 2 heterocycles. The Balaban J connectivity index is 0.000000339. The molecule has 2 aliphatic rings. The van der Waals surface area contributed by atoms with Gasteiger partial charge in [0.15, 0.2) is 0 Å². The summed E-state index contributed by atoms with van der Waals surface area (Å²) in [5, 5.41) is 11.5. The van der Waals surface area contributed by atoms with E-state index in [1.165, 1.54) is 16.7 Å². The first-order chi connectivity index (χ1) is 21.2. The minimum atomic E-state index is -0.139. The van der Waals surface area contributed by atoms with Gasteiger partial charge >= 0.3 is 0 Å². The van der Waals surface area contributed by atoms with E-state index in [1.807, 2.05) is 44.6 Å². The van der Waals surface area contributed by atoms with E-state index in [-0.39, 0.29) is 11.4 Å². The summed E-state index contributed by atoms with van der Waals surface area (Å²) in [4.78, 5) is 24.4. The summed E-state index contributed by atoms with van der Waals surface area (Å²) in [6.45, 7) is 11.0. The van der Waals surface area contributed by atoms with Gasteiger partial charge in [-0.05, 0) is 92.1 Å². The van der Waals surface area contributed by atoms with Crippen LogP contribution in [0.3, 0.4) is 0 Å². The number of piperazine rings is 1. The largest absolute Gasteiger partial charge is 0.331 e. The molecule has 1 aliphatic heterocycles. The summed E-state index contributed by atoms with van der Waals surface area (Å²) >= 11 is 12.8. The number of nitrogens with zero attached hydrogens (tertiary/aromatic N) is 6. The fourth-order valence-corrected chi connectivity index (χ4v) is 5.70. The fraction of sp³-hybridized carbons (Fsp3) is 0.353. The first-order valence-corrected chi connectivity index (χ1v) is 15.6. The first kappa shape index (κ1) is 33.2. The van der Waals surface area contributed by atoms with Crippen molar-refractivity contribution in [3.63, 3.8) is 0 Å². The molecular formula is C34H39Cl2N7O. The lowest BCUT2D eigenvalue weighted by atomic mass is 9.95. The molecule has 1 amide bonds. The third-order valence-electron chi connectivity index (χ3n) is 7.81. The molecule has 2 atom stereocenters. The summed E-state index contributed by atoms with van der Waals surface area (Å²) in [5.41, 5.74) is 7.30. The Morgan fingerprint density at radius 2 is 1.91 bits per heavy atom. The number of aliphatic imine (C=N–C) groups is 1. The maximum absolute atomic E-state index is 9.95. The maximum Gasteiger partial charge on any atom is 0.211 e. The molecule has 1 aromatic heterocycles. The van der Waals surface area contributed by atoms with E-state index in [2.05, 4.69) is 56.8 Å². The summed E-state index contributed by atoms with van der Waals surface area (Å²) in [6, 6.07) is 14.9. The number of likely N-dealkylation sites (N-methyl/N-ethyl adjacent to an activating group) is 1. The minimum absolute atomic E-state index is 0.0604. The van der Waals surface area contributed by atoms with Crippen molar-refractivity contribution >= 4 is 47.6 Å². The second kappa shape index (κ2) is 15.8. The number of hydrogen-bond acceptors (Lipinski definition) is 6. The van der Waals surface area contributed by atoms with Crippen LogP contribution in [-0.4, -0.2) is 70.6 Å². The number of nitriles is 1. The molecule has 0 bridgehead atoms. The number of nitrogens with one attached hydrogen (secondary N) is 1. The number of halogens is 2. The van der Waals surface area contributed by atoms with Crippen LogP contribution in [0.2, 0.25) is 5.02 Å². The molecule has 1 N–H and O–H groups in total. The quantitative estimate of drug-likeness (QED) is 0.169. The zero-order valence-corrected chi connectivity index (χ0v) is 27.2. The van der Waals surface area contributed by atoms with Crippen LogP contribution in [0.1, 0.15) is 48.8 Å². The number of allylic oxidation sites excluding steroid dienone is 2. The van der Waals surface area contributed by atoms with Gasteiger partial charge in [-0.3, -0.25) is 14.7 Å². The zero-order valence-electron chi connectivity index (χ0n) is 25.7. The number of imidazole rings is 1. The molecule has 1 aliphatic carbocycles. The van der Waals surface area contributed by atoms with E-state index in [0.29, 0.717) is 17.7 Å². The lowest BCUT2D eigenvalue weighted by molar-refractivity contribution is -0.105. The molecule has 1 fully saturated rings. The SMILES string of the molecule is CCC1=C(N=CC(C)Cl)C(N2CCN(C)CC2)c2ccc(Cl)cc2C=C1Cn1ccnc1C.N#Cc1ccc(NC=O)cc1. The van der Waals surface area contributed by atoms with E-state index in [0.717, 1.165) is 61.3 Å². The van der Waals surface area contributed by atoms with Gasteiger partial charge in [0.2, 0.25) is 6.41 Å². The number of benzene rings is 2. The van der Waals surface area contributed by atoms with E-state index in [4.69, 9.17) is 33.5 Å². The van der Waals surface area contributed by atoms with Crippen LogP contribution in [0.15, 0.2) is 76.7 Å². The first-order valence-electron chi connectivity index (χ1n) is 14.8. The topological polar surface area (TPSA) is 89.5 Å². The molecule has 0 saturated carbocycles. The van der Waals surface area contributed by atoms with E-state index >= 15 is 0 Å². The summed E-state index contributed by atoms with van der Waals surface area (Å²) in [5.74, 6) is 0.997. The smallest absolute Gasteiger partial charge is 0.211 e. The maximum atomic E-state index is 9.95. The van der Waals surface area contributed by atoms with Crippen molar-refractivity contribution < 1.29 is 4.79 Å². The highest BCUT2D eigenvalue weighted by atomic mass is 35.5. The van der Waals surface area contributed by atoms with Crippen LogP contribution >= 0.6 is 23.2 Å². The van der Waals surface area contributed by atoms with Crippen LogP contribution in [0, 0.1) is 18.3 Å². The van der Waals surface area contributed by atoms with Gasteiger partial charge in [-0.25, -0.2) is 4.98 Å². The number of carbonyl (C=O) groups excluding carboxylic acids is 1. The molecule has 44 heavy (non-hydrogen) atoms. The van der Waals surface area contributed by atoms with Crippen molar-refractivity contribution in [3.8, 4) is 6.07 Å². The Hall–Kier alpha value is -3.74. The van der Waals surface area contributed by atoms with Gasteiger partial charge in [0.25, 0.3) is 0 Å². The molecule has 3 aromatic rings. The fourth-order valence-electron chi connectivity index (χ4n) is 5.47. The number of anilines is 1. The molecule has 10 heteroatoms. The number of hydrogen-bond donors (Lipinski definition) is 1. The van der Waals surface area contributed by atoms with Crippen molar-refractivity contribution in [2.45, 2.75) is 45.2 Å². The van der Waals surface area contributed by atoms with Crippen LogP contribution in [0.25, 0.3) is 6.08 Å². The van der Waals surface area contributed by atoms with Gasteiger partial charge < -0.3 is 14.8 Å². The number of fused-ring (bicyclic) bond motifs is 1. The van der Waals surface area contributed by atoms with Crippen LogP contribution in [0.5, 0.6) is 0 Å². The highest BCUT2D eigenvalue weighted by Crippen LogP contribution is 2.42. The number of aryl methyl sites for hydroxylation is 1. The molecule has 8 nitrogen and oxygen atoms in total. The Morgan fingerprint density at radius 3 is 2.50 bits per heavy atom. The third-order valence-corrected chi connectivity index (χ3v) is 8.16. The van der Waals surface area contributed by atoms with E-state index in [1.54, 1.807) is 24.3 Å². The van der Waals surface area contributed by atoms with Crippen LogP contribution < -0.4 is 5.32 Å². The van der Waals surface area contributed by atoms with Crippen LogP contribution in [-0.2, 0) is 11.3 Å². The molecule has 2 unspecified atom stereocenters. The molecule has 2 aromatic carbocycles. The van der Waals surface area contributed by atoms with Gasteiger partial charge in [0.05, 0.1) is 28.7 Å². The highest BCUT2D eigenvalue weighted by Gasteiger charge is 2.32. The third kappa shape index (κ3) is 8.46. The number of amides is 1. The molecule has 230 valence electrons. The number of alkyl halides is 1. The molecule has 1 saturated heterocycles. The average molecular weight is 633 g/mol. The summed E-state index contributed by atoms with van der Waals surface area (Å²) < 4.78 is 2.19. The van der Waals surface area contributed by atoms with Crippen molar-refractivity contribution in [1.29, 1.82) is 5.26 Å². The Morgan fingerprint density at radius 1 is 1.18 bits per heavy atom. The van der Waals surface area contributed by atoms with E-state index in [9.17, 15) is 4.79 Å². The zero-order chi connectivity index (χ0) is 31.6. The monoisotopic (exact) mass is 631 g/mol. The van der Waals surface area contributed by atoms with Crippen LogP contribution in [0.4, 0.5) is 5.69 Å². The lowest BCUT2D eigenvalue weighted by Crippen LogP contribution is -2.46. The second-order valence-electron chi connectivity index (χ2n) is 10.9. The number of rotatable bonds is 8. The molecule has 0 spiro atoms. The predicted molar refractivity (Wildman–Crippen MR) is 180 cm³/mol. The lowest BCUT2D eigenvalue weighted by Gasteiger charge is -2.39. The standard InChI is InChI=1S/C26H33Cl2N5.C8H6N2O/c1-5-23-21(17-33-9-8-29-19(33)3)14-20-15-22(28)6-7-24(20)26(25(23)30-16-18(2)27)32-12-10-31(4)11-13-32;9-5-7-1-3-8(4-2-7)10-6-11/h6-9,14-16,18,26H,5,10-13,17H2,1-4H3;1-4,6H,(H,10,11). The Labute approximate surface area is 270 Å². The number of aromatic nitrogens is 2. The predicted octanol–water partition coefficient (Wildman–Crippen LogP) is 6.72. The molecule has 0 radical (unpaired) electrons. The van der Waals surface area contributed by atoms with Gasteiger partial charge in [-0.1, -0.05) is 24.6 Å². The molecular weight excluding hydrogens is 593 g/mol. The average Bonchev–Trinajstić information content (AvgIpc) is 3.36. The van der Waals surface area contributed by atoms with Crippen molar-refractivity contribution in [1.82, 2.24) is 19.4 Å². The Bertz CT molecular complexity index is 1560. The van der Waals surface area contributed by atoms with Gasteiger partial charge in [0, 0.05) is 62.0 Å². The van der Waals surface area contributed by atoms with Gasteiger partial charge in [-0.2, -0.15) is 5.26 Å². The van der Waals surface area contributed by atoms with E-state index < -0.39 is 0 Å². The Kier molecular flexibility index (Phi) is 11.9. The number of carbonyl (C=O) groups is 1. The second-order valence-corrected chi connectivity index (χ2v) is 12.0. The summed E-state index contributed by atoms with van der Waals surface area (Å²) in [6.07, 6.45) is 9.55. The van der Waals surface area contributed by atoms with Gasteiger partial charge in [0.1, 0.15) is 5.82 Å². The van der Waals surface area contributed by atoms with Gasteiger partial charge in [-0.15, -0.1) is 11.6 Å². The van der Waals surface area contributed by atoms with Crippen molar-refractivity contribution in [2.24, 2.45) is 4.99 Å². The normalized spacial score (nSPS) is 18.0. The minimum Gasteiger partial charge on any atom is -0.331 e.